The van der Waals surface area contributed by atoms with Gasteiger partial charge in [-0.1, -0.05) is 12.1 Å². The third kappa shape index (κ3) is 4.64. The van der Waals surface area contributed by atoms with E-state index in [9.17, 15) is 0 Å². The highest BCUT2D eigenvalue weighted by Gasteiger charge is 2.16. The van der Waals surface area contributed by atoms with Crippen molar-refractivity contribution in [3.05, 3.63) is 59.4 Å². The zero-order valence-corrected chi connectivity index (χ0v) is 20.9. The smallest absolute Gasteiger partial charge is 0.626 e. The summed E-state index contributed by atoms with van der Waals surface area (Å²) in [5.74, 6) is 2.90. The molecule has 2 radical (unpaired) electrons. The van der Waals surface area contributed by atoms with E-state index in [2.05, 4.69) is 9.97 Å². The van der Waals surface area contributed by atoms with E-state index in [1.54, 1.807) is 14.2 Å². The van der Waals surface area contributed by atoms with E-state index in [0.717, 1.165) is 50.3 Å². The Morgan fingerprint density at radius 2 is 1.31 bits per heavy atom. The molecular formula is C23H22Al2N2O5. The number of rotatable bonds is 8. The van der Waals surface area contributed by atoms with Crippen molar-refractivity contribution < 1.29 is 19.9 Å². The summed E-state index contributed by atoms with van der Waals surface area (Å²) >= 11 is -1.54. The van der Waals surface area contributed by atoms with Gasteiger partial charge in [-0.05, 0) is 44.5 Å². The van der Waals surface area contributed by atoms with Crippen LogP contribution in [-0.2, 0) is 2.84 Å². The quantitative estimate of drug-likeness (QED) is 0.287. The Morgan fingerprint density at radius 3 is 2.00 bits per heavy atom. The van der Waals surface area contributed by atoms with E-state index < -0.39 is 31.8 Å². The molecule has 32 heavy (non-hydrogen) atoms. The van der Waals surface area contributed by atoms with Crippen LogP contribution in [0.5, 0.6) is 23.0 Å². The summed E-state index contributed by atoms with van der Waals surface area (Å²) < 4.78 is 28.6. The number of hydrogen-bond acceptors (Lipinski definition) is 7. The molecule has 0 fully saturated rings. The Hall–Kier alpha value is -2.52. The lowest BCUT2D eigenvalue weighted by atomic mass is 10.1. The van der Waals surface area contributed by atoms with Gasteiger partial charge in [-0.15, -0.1) is 0 Å². The van der Waals surface area contributed by atoms with E-state index in [1.807, 2.05) is 63.2 Å². The van der Waals surface area contributed by atoms with Gasteiger partial charge in [0.1, 0.15) is 34.0 Å². The standard InChI is InChI=1S/C12H13NO2.C11H11NO2.2Al.O/c1-7-4-5-9(14)12-11(7)10(15-3)6-8(2)13-12;1-7-6-10(14-2)8-4-3-5-9(13)11(8)12-7;;;/h4-6,14H,1-3H3;3-6,13H,1-2H3;;;/q;;2*+1;/p-2. The number of hydrogen-bond donors (Lipinski definition) is 0. The molecule has 0 aliphatic carbocycles. The van der Waals surface area contributed by atoms with E-state index >= 15 is 0 Å². The molecule has 0 amide bonds. The van der Waals surface area contributed by atoms with Gasteiger partial charge in [-0.2, -0.15) is 0 Å². The minimum atomic E-state index is -0.773. The maximum Gasteiger partial charge on any atom is 0.743 e. The van der Waals surface area contributed by atoms with Crippen molar-refractivity contribution in [1.29, 1.82) is 0 Å². The number of fused-ring (bicyclic) bond motifs is 2. The highest BCUT2D eigenvalue weighted by molar-refractivity contribution is 6.35. The van der Waals surface area contributed by atoms with Crippen molar-refractivity contribution in [3.8, 4) is 23.0 Å². The molecule has 0 N–H and O–H groups in total. The maximum absolute atomic E-state index is 5.96. The summed E-state index contributed by atoms with van der Waals surface area (Å²) in [5.41, 5.74) is 4.33. The number of para-hydroxylation sites is 1. The van der Waals surface area contributed by atoms with E-state index in [0.29, 0.717) is 11.5 Å². The fourth-order valence-corrected chi connectivity index (χ4v) is 4.79. The molecule has 4 rings (SSSR count). The third-order valence-corrected chi connectivity index (χ3v) is 6.61. The van der Waals surface area contributed by atoms with Crippen LogP contribution in [0.2, 0.25) is 0 Å². The second-order valence-electron chi connectivity index (χ2n) is 7.25. The van der Waals surface area contributed by atoms with Crippen molar-refractivity contribution in [2.45, 2.75) is 20.8 Å². The Morgan fingerprint density at radius 1 is 0.688 bits per heavy atom. The molecule has 2 heterocycles. The van der Waals surface area contributed by atoms with E-state index in [4.69, 9.17) is 19.9 Å². The number of nitrogens with zero attached hydrogens (tertiary/aromatic N) is 2. The molecule has 0 bridgehead atoms. The SMILES string of the molecule is COc1cc(C)nc2c([O][Al][O][Al][O]c3ccc(C)c4c(OC)cc(C)nc34)cccc12. The monoisotopic (exact) mass is 460 g/mol. The van der Waals surface area contributed by atoms with E-state index in [1.165, 1.54) is 0 Å². The normalized spacial score (nSPS) is 10.8. The number of aryl methyl sites for hydroxylation is 3. The average molecular weight is 460 g/mol. The van der Waals surface area contributed by atoms with Crippen LogP contribution in [0.25, 0.3) is 21.8 Å². The molecule has 0 unspecified atom stereocenters. The van der Waals surface area contributed by atoms with Crippen LogP contribution in [0.4, 0.5) is 0 Å². The van der Waals surface area contributed by atoms with Crippen LogP contribution in [0, 0.1) is 20.8 Å². The van der Waals surface area contributed by atoms with Crippen molar-refractivity contribution in [1.82, 2.24) is 9.97 Å². The lowest BCUT2D eigenvalue weighted by molar-refractivity contribution is 0.415. The van der Waals surface area contributed by atoms with E-state index in [-0.39, 0.29) is 0 Å². The Balaban J connectivity index is 1.45. The second-order valence-corrected chi connectivity index (χ2v) is 9.20. The van der Waals surface area contributed by atoms with Crippen LogP contribution >= 0.6 is 0 Å². The summed E-state index contributed by atoms with van der Waals surface area (Å²) in [5, 5.41) is 1.85. The topological polar surface area (TPSA) is 71.9 Å². The van der Waals surface area contributed by atoms with Crippen LogP contribution in [0.15, 0.2) is 42.5 Å². The van der Waals surface area contributed by atoms with Gasteiger partial charge in [0.25, 0.3) is 0 Å². The Bertz CT molecular complexity index is 1280. The molecule has 0 aliphatic rings. The number of aromatic nitrogens is 2. The first-order valence-electron chi connectivity index (χ1n) is 10.0. The largest absolute Gasteiger partial charge is 0.743 e. The van der Waals surface area contributed by atoms with Crippen molar-refractivity contribution in [2.75, 3.05) is 14.2 Å². The van der Waals surface area contributed by atoms with Gasteiger partial charge in [0.15, 0.2) is 0 Å². The predicted octanol–water partition coefficient (Wildman–Crippen LogP) is 4.27. The zero-order valence-electron chi connectivity index (χ0n) is 18.6. The summed E-state index contributed by atoms with van der Waals surface area (Å²) in [6.07, 6.45) is 0. The van der Waals surface area contributed by atoms with Crippen molar-refractivity contribution >= 4 is 53.6 Å². The Kier molecular flexibility index (Phi) is 7.05. The molecule has 2 aromatic carbocycles. The second kappa shape index (κ2) is 9.96. The fraction of sp³-hybridized carbons (Fsp3) is 0.217. The predicted molar refractivity (Wildman–Crippen MR) is 125 cm³/mol. The number of ether oxygens (including phenoxy) is 2. The molecule has 4 aromatic rings. The lowest BCUT2D eigenvalue weighted by Gasteiger charge is -2.15. The number of benzene rings is 2. The van der Waals surface area contributed by atoms with Gasteiger partial charge in [-0.3, -0.25) is 0 Å². The molecular weight excluding hydrogens is 438 g/mol. The van der Waals surface area contributed by atoms with Gasteiger partial charge in [0.05, 0.1) is 14.2 Å². The van der Waals surface area contributed by atoms with Crippen LogP contribution in [0.3, 0.4) is 0 Å². The lowest BCUT2D eigenvalue weighted by Crippen LogP contribution is -2.16. The highest BCUT2D eigenvalue weighted by atomic mass is 27.3. The third-order valence-electron chi connectivity index (χ3n) is 5.02. The maximum atomic E-state index is 5.96. The summed E-state index contributed by atoms with van der Waals surface area (Å²) in [6, 6.07) is 13.5. The first-order valence-corrected chi connectivity index (χ1v) is 11.9. The van der Waals surface area contributed by atoms with Crippen molar-refractivity contribution in [2.24, 2.45) is 0 Å². The van der Waals surface area contributed by atoms with Gasteiger partial charge < -0.3 is 19.9 Å². The van der Waals surface area contributed by atoms with Gasteiger partial charge >= 0.3 is 31.8 Å². The summed E-state index contributed by atoms with van der Waals surface area (Å²) in [4.78, 5) is 9.26. The Labute approximate surface area is 200 Å². The minimum absolute atomic E-state index is 0.668. The molecule has 7 nitrogen and oxygen atoms in total. The molecule has 0 aliphatic heterocycles. The summed E-state index contributed by atoms with van der Waals surface area (Å²) in [7, 11) is 3.31. The van der Waals surface area contributed by atoms with Gasteiger partial charge in [0.2, 0.25) is 0 Å². The van der Waals surface area contributed by atoms with Crippen molar-refractivity contribution in [3.63, 3.8) is 0 Å². The molecule has 160 valence electrons. The van der Waals surface area contributed by atoms with Gasteiger partial charge in [0, 0.05) is 34.3 Å². The average Bonchev–Trinajstić information content (AvgIpc) is 2.79. The first-order chi connectivity index (χ1) is 15.5. The molecule has 0 saturated carbocycles. The molecule has 0 spiro atoms. The zero-order chi connectivity index (χ0) is 22.7. The molecule has 0 saturated heterocycles. The van der Waals surface area contributed by atoms with Crippen LogP contribution < -0.4 is 17.1 Å². The minimum Gasteiger partial charge on any atom is -0.626 e. The first kappa shape index (κ1) is 22.7. The molecule has 0 atom stereocenters. The van der Waals surface area contributed by atoms with Crippen LogP contribution in [0.1, 0.15) is 17.0 Å². The molecule has 2 aromatic heterocycles. The molecule has 9 heteroatoms. The number of pyridine rings is 2. The van der Waals surface area contributed by atoms with Crippen LogP contribution in [-0.4, -0.2) is 56.0 Å². The summed E-state index contributed by atoms with van der Waals surface area (Å²) in [6.45, 7) is 5.89. The number of methoxy groups -OCH3 is 2. The van der Waals surface area contributed by atoms with Gasteiger partial charge in [-0.25, -0.2) is 9.97 Å². The highest BCUT2D eigenvalue weighted by Crippen LogP contribution is 2.34. The fourth-order valence-electron chi connectivity index (χ4n) is 3.58.